The average molecular weight is 287 g/mol. The van der Waals surface area contributed by atoms with Gasteiger partial charge in [-0.15, -0.1) is 0 Å². The molecule has 4 N–H and O–H groups in total. The molecule has 1 aromatic carbocycles. The summed E-state index contributed by atoms with van der Waals surface area (Å²) >= 11 is 0. The second-order valence-corrected chi connectivity index (χ2v) is 4.80. The number of aromatic amines is 1. The Morgan fingerprint density at radius 2 is 2.10 bits per heavy atom. The Hall–Kier alpha value is -2.70. The van der Waals surface area contributed by atoms with E-state index >= 15 is 0 Å². The van der Waals surface area contributed by atoms with Gasteiger partial charge in [-0.1, -0.05) is 0 Å². The summed E-state index contributed by atoms with van der Waals surface area (Å²) in [5.74, 6) is -0.0869. The summed E-state index contributed by atoms with van der Waals surface area (Å²) in [5, 5.41) is 2.80. The molecule has 0 spiro atoms. The molecule has 1 aliphatic rings. The summed E-state index contributed by atoms with van der Waals surface area (Å²) in [7, 11) is 0. The number of nitrogens with one attached hydrogen (secondary N) is 2. The van der Waals surface area contributed by atoms with Gasteiger partial charge in [0.1, 0.15) is 5.82 Å². The Bertz CT molecular complexity index is 751. The fourth-order valence-electron chi connectivity index (χ4n) is 2.30. The van der Waals surface area contributed by atoms with Gasteiger partial charge < -0.3 is 11.1 Å². The number of anilines is 1. The highest BCUT2D eigenvalue weighted by atomic mass is 19.1. The zero-order valence-corrected chi connectivity index (χ0v) is 11.2. The number of aliphatic imine (C=N–C) groups is 1. The first-order valence-corrected chi connectivity index (χ1v) is 6.60. The molecule has 0 amide bonds. The minimum absolute atomic E-state index is 0.0719. The molecule has 7 heteroatoms. The van der Waals surface area contributed by atoms with Crippen LogP contribution in [-0.2, 0) is 12.8 Å². The number of rotatable bonds is 2. The van der Waals surface area contributed by atoms with Crippen molar-refractivity contribution in [2.24, 2.45) is 10.7 Å². The molecule has 0 saturated heterocycles. The Morgan fingerprint density at radius 1 is 1.33 bits per heavy atom. The molecule has 108 valence electrons. The maximum atomic E-state index is 12.8. The van der Waals surface area contributed by atoms with Crippen LogP contribution in [0.25, 0.3) is 0 Å². The fraction of sp³-hybridized carbons (Fsp3) is 0.214. The molecule has 0 radical (unpaired) electrons. The first-order chi connectivity index (χ1) is 10.1. The molecular formula is C14H14FN5O. The lowest BCUT2D eigenvalue weighted by molar-refractivity contribution is 0.628. The predicted octanol–water partition coefficient (Wildman–Crippen LogP) is 1.46. The van der Waals surface area contributed by atoms with E-state index in [2.05, 4.69) is 20.3 Å². The molecule has 1 aromatic heterocycles. The lowest BCUT2D eigenvalue weighted by atomic mass is 10.3. The van der Waals surface area contributed by atoms with Gasteiger partial charge in [0.25, 0.3) is 5.56 Å². The molecule has 0 atom stereocenters. The Labute approximate surface area is 119 Å². The van der Waals surface area contributed by atoms with Gasteiger partial charge in [-0.3, -0.25) is 9.78 Å². The first-order valence-electron chi connectivity index (χ1n) is 6.60. The second kappa shape index (κ2) is 5.35. The highest BCUT2D eigenvalue weighted by molar-refractivity contribution is 5.93. The molecule has 3 rings (SSSR count). The summed E-state index contributed by atoms with van der Waals surface area (Å²) in [4.78, 5) is 22.8. The number of nitrogens with two attached hydrogens (primary N) is 1. The molecule has 0 fully saturated rings. The van der Waals surface area contributed by atoms with E-state index in [-0.39, 0.29) is 23.3 Å². The third kappa shape index (κ3) is 2.91. The van der Waals surface area contributed by atoms with Gasteiger partial charge >= 0.3 is 0 Å². The smallest absolute Gasteiger partial charge is 0.255 e. The van der Waals surface area contributed by atoms with Crippen LogP contribution in [0.1, 0.15) is 17.7 Å². The Balaban J connectivity index is 1.83. The number of H-pyrrole nitrogens is 1. The molecule has 1 heterocycles. The van der Waals surface area contributed by atoms with E-state index in [1.165, 1.54) is 24.3 Å². The SMILES string of the molecule is N/C(=N\c1nc2c(c(=O)[nH]1)CCC2)Nc1ccc(F)cc1. The van der Waals surface area contributed by atoms with Crippen molar-refractivity contribution in [3.8, 4) is 0 Å². The van der Waals surface area contributed by atoms with E-state index in [0.29, 0.717) is 5.69 Å². The molecule has 2 aromatic rings. The van der Waals surface area contributed by atoms with Crippen LogP contribution in [0.5, 0.6) is 0 Å². The van der Waals surface area contributed by atoms with Gasteiger partial charge in [0.05, 0.1) is 5.69 Å². The number of guanidine groups is 1. The van der Waals surface area contributed by atoms with Crippen LogP contribution in [0.15, 0.2) is 34.1 Å². The van der Waals surface area contributed by atoms with E-state index in [1.54, 1.807) is 0 Å². The zero-order chi connectivity index (χ0) is 14.8. The van der Waals surface area contributed by atoms with Crippen molar-refractivity contribution in [3.05, 3.63) is 51.7 Å². The maximum Gasteiger partial charge on any atom is 0.255 e. The number of hydrogen-bond donors (Lipinski definition) is 3. The van der Waals surface area contributed by atoms with Gasteiger partial charge in [-0.25, -0.2) is 9.37 Å². The van der Waals surface area contributed by atoms with E-state index in [0.717, 1.165) is 30.5 Å². The maximum absolute atomic E-state index is 12.8. The van der Waals surface area contributed by atoms with Crippen molar-refractivity contribution in [2.45, 2.75) is 19.3 Å². The normalized spacial score (nSPS) is 14.0. The Morgan fingerprint density at radius 3 is 2.86 bits per heavy atom. The van der Waals surface area contributed by atoms with Crippen LogP contribution < -0.4 is 16.6 Å². The second-order valence-electron chi connectivity index (χ2n) is 4.80. The summed E-state index contributed by atoms with van der Waals surface area (Å²) < 4.78 is 12.8. The van der Waals surface area contributed by atoms with Gasteiger partial charge in [-0.05, 0) is 43.5 Å². The largest absolute Gasteiger partial charge is 0.369 e. The minimum atomic E-state index is -0.333. The lowest BCUT2D eigenvalue weighted by Crippen LogP contribution is -2.23. The predicted molar refractivity (Wildman–Crippen MR) is 78.2 cm³/mol. The van der Waals surface area contributed by atoms with Crippen LogP contribution in [0.2, 0.25) is 0 Å². The molecule has 1 aliphatic carbocycles. The molecule has 0 bridgehead atoms. The van der Waals surface area contributed by atoms with Crippen molar-refractivity contribution < 1.29 is 4.39 Å². The summed E-state index contributed by atoms with van der Waals surface area (Å²) in [6.07, 6.45) is 2.47. The van der Waals surface area contributed by atoms with Crippen molar-refractivity contribution in [2.75, 3.05) is 5.32 Å². The average Bonchev–Trinajstić information content (AvgIpc) is 2.90. The van der Waals surface area contributed by atoms with Crippen LogP contribution in [0.3, 0.4) is 0 Å². The molecule has 6 nitrogen and oxygen atoms in total. The number of fused-ring (bicyclic) bond motifs is 1. The van der Waals surface area contributed by atoms with E-state index < -0.39 is 0 Å². The topological polar surface area (TPSA) is 96.2 Å². The van der Waals surface area contributed by atoms with E-state index in [1.807, 2.05) is 0 Å². The molecule has 0 unspecified atom stereocenters. The van der Waals surface area contributed by atoms with E-state index in [4.69, 9.17) is 5.73 Å². The quantitative estimate of drug-likeness (QED) is 0.575. The van der Waals surface area contributed by atoms with Crippen LogP contribution >= 0.6 is 0 Å². The number of benzene rings is 1. The molecule has 0 saturated carbocycles. The van der Waals surface area contributed by atoms with Crippen molar-refractivity contribution in [1.82, 2.24) is 9.97 Å². The summed E-state index contributed by atoms with van der Waals surface area (Å²) in [6, 6.07) is 5.70. The number of aryl methyl sites for hydroxylation is 1. The zero-order valence-electron chi connectivity index (χ0n) is 11.2. The van der Waals surface area contributed by atoms with Crippen molar-refractivity contribution in [1.29, 1.82) is 0 Å². The monoisotopic (exact) mass is 287 g/mol. The number of aromatic nitrogens is 2. The van der Waals surface area contributed by atoms with Gasteiger partial charge in [-0.2, -0.15) is 4.99 Å². The Kier molecular flexibility index (Phi) is 3.39. The van der Waals surface area contributed by atoms with Crippen molar-refractivity contribution >= 4 is 17.6 Å². The van der Waals surface area contributed by atoms with Crippen LogP contribution in [-0.4, -0.2) is 15.9 Å². The van der Waals surface area contributed by atoms with E-state index in [9.17, 15) is 9.18 Å². The third-order valence-corrected chi connectivity index (χ3v) is 3.27. The minimum Gasteiger partial charge on any atom is -0.369 e. The van der Waals surface area contributed by atoms with Gasteiger partial charge in [0.2, 0.25) is 11.9 Å². The van der Waals surface area contributed by atoms with Gasteiger partial charge in [0, 0.05) is 11.3 Å². The molecular weight excluding hydrogens is 273 g/mol. The van der Waals surface area contributed by atoms with Crippen LogP contribution in [0.4, 0.5) is 16.0 Å². The highest BCUT2D eigenvalue weighted by Crippen LogP contribution is 2.17. The van der Waals surface area contributed by atoms with Crippen LogP contribution in [0, 0.1) is 5.82 Å². The van der Waals surface area contributed by atoms with Gasteiger partial charge in [0.15, 0.2) is 0 Å². The van der Waals surface area contributed by atoms with Crippen molar-refractivity contribution in [3.63, 3.8) is 0 Å². The highest BCUT2D eigenvalue weighted by Gasteiger charge is 2.16. The standard InChI is InChI=1S/C14H14FN5O/c15-8-4-6-9(7-5-8)17-13(16)20-14-18-11-3-1-2-10(11)12(21)19-14/h4-7H,1-3H2,(H4,16,17,18,19,20,21). The fourth-order valence-corrected chi connectivity index (χ4v) is 2.30. The lowest BCUT2D eigenvalue weighted by Gasteiger charge is -2.05. The summed E-state index contributed by atoms with van der Waals surface area (Å²) in [6.45, 7) is 0. The molecule has 0 aliphatic heterocycles. The first kappa shape index (κ1) is 13.3. The molecule has 21 heavy (non-hydrogen) atoms. The number of hydrogen-bond acceptors (Lipinski definition) is 3. The number of halogens is 1. The summed E-state index contributed by atoms with van der Waals surface area (Å²) in [5.41, 5.74) is 7.71. The third-order valence-electron chi connectivity index (χ3n) is 3.27. The number of nitrogens with zero attached hydrogens (tertiary/aromatic N) is 2.